The molecule has 0 unspecified atom stereocenters. The minimum atomic E-state index is 0.454. The standard InChI is InChI=1S/C43H27N7/c44-28-36-18-10-11-19-37(36)43-49-40(33-16-8-3-9-17-33)48-42(50-43)35-26-22-30(23-27-35)29-20-24-34(25-21-29)41-46-38(31-12-4-1-5-13-31)45-39(47-41)32-14-6-2-7-15-32/h1-27H. The van der Waals surface area contributed by atoms with E-state index in [0.717, 1.165) is 38.9 Å². The predicted octanol–water partition coefficient (Wildman–Crippen LogP) is 9.60. The van der Waals surface area contributed by atoms with Crippen LogP contribution in [0.1, 0.15) is 5.56 Å². The molecule has 0 radical (unpaired) electrons. The maximum atomic E-state index is 9.76. The second-order valence-corrected chi connectivity index (χ2v) is 11.5. The molecule has 8 rings (SSSR count). The molecule has 0 fully saturated rings. The van der Waals surface area contributed by atoms with Crippen LogP contribution >= 0.6 is 0 Å². The average Bonchev–Trinajstić information content (AvgIpc) is 3.21. The first-order chi connectivity index (χ1) is 24.7. The van der Waals surface area contributed by atoms with Crippen LogP contribution in [0, 0.1) is 11.3 Å². The van der Waals surface area contributed by atoms with Gasteiger partial charge in [-0.15, -0.1) is 0 Å². The van der Waals surface area contributed by atoms with E-state index in [4.69, 9.17) is 29.9 Å². The summed E-state index contributed by atoms with van der Waals surface area (Å²) in [6, 6.07) is 55.7. The molecule has 234 valence electrons. The summed E-state index contributed by atoms with van der Waals surface area (Å²) >= 11 is 0. The van der Waals surface area contributed by atoms with Crippen LogP contribution in [0.5, 0.6) is 0 Å². The Labute approximate surface area is 289 Å². The molecule has 2 aromatic heterocycles. The molecule has 7 heteroatoms. The fraction of sp³-hybridized carbons (Fsp3) is 0. The number of rotatable bonds is 7. The first kappa shape index (κ1) is 30.2. The van der Waals surface area contributed by atoms with Gasteiger partial charge in [0.25, 0.3) is 0 Å². The fourth-order valence-corrected chi connectivity index (χ4v) is 5.68. The second-order valence-electron chi connectivity index (χ2n) is 11.5. The highest BCUT2D eigenvalue weighted by molar-refractivity contribution is 5.74. The Hall–Kier alpha value is -7.17. The van der Waals surface area contributed by atoms with Crippen molar-refractivity contribution < 1.29 is 0 Å². The van der Waals surface area contributed by atoms with Crippen molar-refractivity contribution in [3.8, 4) is 85.5 Å². The summed E-state index contributed by atoms with van der Waals surface area (Å²) in [7, 11) is 0. The van der Waals surface area contributed by atoms with Gasteiger partial charge in [0.2, 0.25) is 0 Å². The van der Waals surface area contributed by atoms with Crippen LogP contribution in [-0.4, -0.2) is 29.9 Å². The lowest BCUT2D eigenvalue weighted by Crippen LogP contribution is -2.01. The lowest BCUT2D eigenvalue weighted by molar-refractivity contribution is 1.07. The van der Waals surface area contributed by atoms with Crippen LogP contribution in [0.25, 0.3) is 79.5 Å². The average molecular weight is 642 g/mol. The Morgan fingerprint density at radius 1 is 0.280 bits per heavy atom. The molecule has 0 aliphatic rings. The Morgan fingerprint density at radius 2 is 0.560 bits per heavy atom. The minimum absolute atomic E-state index is 0.454. The van der Waals surface area contributed by atoms with Gasteiger partial charge in [0.15, 0.2) is 34.9 Å². The monoisotopic (exact) mass is 641 g/mol. The third kappa shape index (κ3) is 6.25. The van der Waals surface area contributed by atoms with E-state index in [9.17, 15) is 5.26 Å². The van der Waals surface area contributed by atoms with E-state index >= 15 is 0 Å². The van der Waals surface area contributed by atoms with Crippen LogP contribution < -0.4 is 0 Å². The highest BCUT2D eigenvalue weighted by atomic mass is 15.0. The maximum Gasteiger partial charge on any atom is 0.165 e. The normalized spacial score (nSPS) is 10.8. The van der Waals surface area contributed by atoms with E-state index < -0.39 is 0 Å². The van der Waals surface area contributed by atoms with Crippen molar-refractivity contribution >= 4 is 0 Å². The van der Waals surface area contributed by atoms with E-state index in [2.05, 4.69) is 30.3 Å². The van der Waals surface area contributed by atoms with Crippen molar-refractivity contribution in [2.24, 2.45) is 0 Å². The summed E-state index contributed by atoms with van der Waals surface area (Å²) < 4.78 is 0. The molecule has 0 bridgehead atoms. The topological polar surface area (TPSA) is 101 Å². The van der Waals surface area contributed by atoms with E-state index in [0.29, 0.717) is 46.1 Å². The van der Waals surface area contributed by atoms with Crippen molar-refractivity contribution in [2.75, 3.05) is 0 Å². The van der Waals surface area contributed by atoms with Gasteiger partial charge in [-0.25, -0.2) is 29.9 Å². The summed E-state index contributed by atoms with van der Waals surface area (Å²) in [5.74, 6) is 3.39. The summed E-state index contributed by atoms with van der Waals surface area (Å²) in [6.45, 7) is 0. The fourth-order valence-electron chi connectivity index (χ4n) is 5.68. The third-order valence-electron chi connectivity index (χ3n) is 8.27. The summed E-state index contributed by atoms with van der Waals surface area (Å²) in [6.07, 6.45) is 0. The quantitative estimate of drug-likeness (QED) is 0.171. The molecular weight excluding hydrogens is 615 g/mol. The van der Waals surface area contributed by atoms with Gasteiger partial charge in [-0.2, -0.15) is 5.26 Å². The number of benzene rings is 6. The van der Waals surface area contributed by atoms with Crippen molar-refractivity contribution in [3.05, 3.63) is 169 Å². The SMILES string of the molecule is N#Cc1ccccc1-c1nc(-c2ccccc2)nc(-c2ccc(-c3ccc(-c4nc(-c5ccccc5)nc(-c5ccccc5)n4)cc3)cc2)n1. The number of nitrogens with zero attached hydrogens (tertiary/aromatic N) is 7. The molecule has 0 N–H and O–H groups in total. The van der Waals surface area contributed by atoms with Gasteiger partial charge in [-0.05, 0) is 23.3 Å². The van der Waals surface area contributed by atoms with E-state index in [1.807, 2.05) is 133 Å². The zero-order valence-electron chi connectivity index (χ0n) is 26.7. The number of aromatic nitrogens is 6. The Bertz CT molecular complexity index is 2400. The maximum absolute atomic E-state index is 9.76. The molecular formula is C43H27N7. The highest BCUT2D eigenvalue weighted by Crippen LogP contribution is 2.30. The van der Waals surface area contributed by atoms with Crippen molar-refractivity contribution in [2.45, 2.75) is 0 Å². The summed E-state index contributed by atoms with van der Waals surface area (Å²) in [5, 5.41) is 9.76. The van der Waals surface area contributed by atoms with Gasteiger partial charge in [0.05, 0.1) is 11.6 Å². The van der Waals surface area contributed by atoms with Gasteiger partial charge in [-0.1, -0.05) is 152 Å². The number of nitriles is 1. The van der Waals surface area contributed by atoms with E-state index in [1.54, 1.807) is 6.07 Å². The molecule has 0 amide bonds. The lowest BCUT2D eigenvalue weighted by atomic mass is 10.0. The molecule has 0 aliphatic heterocycles. The number of hydrogen-bond acceptors (Lipinski definition) is 7. The van der Waals surface area contributed by atoms with E-state index in [-0.39, 0.29) is 0 Å². The molecule has 50 heavy (non-hydrogen) atoms. The smallest absolute Gasteiger partial charge is 0.165 e. The number of hydrogen-bond donors (Lipinski definition) is 0. The Kier molecular flexibility index (Phi) is 8.16. The molecule has 6 aromatic carbocycles. The molecule has 0 spiro atoms. The highest BCUT2D eigenvalue weighted by Gasteiger charge is 2.16. The van der Waals surface area contributed by atoms with Crippen molar-refractivity contribution in [1.29, 1.82) is 5.26 Å². The van der Waals surface area contributed by atoms with Crippen LogP contribution in [0.2, 0.25) is 0 Å². The van der Waals surface area contributed by atoms with Crippen LogP contribution in [0.3, 0.4) is 0 Å². The molecule has 2 heterocycles. The molecule has 0 saturated carbocycles. The minimum Gasteiger partial charge on any atom is -0.208 e. The van der Waals surface area contributed by atoms with Gasteiger partial charge >= 0.3 is 0 Å². The van der Waals surface area contributed by atoms with Gasteiger partial charge in [0.1, 0.15) is 0 Å². The molecule has 7 nitrogen and oxygen atoms in total. The zero-order valence-corrected chi connectivity index (χ0v) is 26.7. The zero-order chi connectivity index (χ0) is 33.7. The van der Waals surface area contributed by atoms with Crippen LogP contribution in [-0.2, 0) is 0 Å². The molecule has 0 saturated heterocycles. The predicted molar refractivity (Wildman–Crippen MR) is 196 cm³/mol. The first-order valence-corrected chi connectivity index (χ1v) is 16.1. The molecule has 0 aliphatic carbocycles. The van der Waals surface area contributed by atoms with Crippen LogP contribution in [0.15, 0.2) is 164 Å². The second kappa shape index (κ2) is 13.5. The van der Waals surface area contributed by atoms with Gasteiger partial charge < -0.3 is 0 Å². The van der Waals surface area contributed by atoms with Gasteiger partial charge in [-0.3, -0.25) is 0 Å². The van der Waals surface area contributed by atoms with E-state index in [1.165, 1.54) is 0 Å². The van der Waals surface area contributed by atoms with Crippen molar-refractivity contribution in [1.82, 2.24) is 29.9 Å². The summed E-state index contributed by atoms with van der Waals surface area (Å²) in [4.78, 5) is 28.9. The van der Waals surface area contributed by atoms with Crippen LogP contribution in [0.4, 0.5) is 0 Å². The summed E-state index contributed by atoms with van der Waals surface area (Å²) in [5.41, 5.74) is 7.72. The third-order valence-corrected chi connectivity index (χ3v) is 8.27. The van der Waals surface area contributed by atoms with Gasteiger partial charge in [0, 0.05) is 33.4 Å². The molecule has 8 aromatic rings. The largest absolute Gasteiger partial charge is 0.208 e. The first-order valence-electron chi connectivity index (χ1n) is 16.1. The lowest BCUT2D eigenvalue weighted by Gasteiger charge is -2.10. The van der Waals surface area contributed by atoms with Crippen molar-refractivity contribution in [3.63, 3.8) is 0 Å². The molecule has 0 atom stereocenters. The Morgan fingerprint density at radius 3 is 0.920 bits per heavy atom. The Balaban J connectivity index is 1.12.